The van der Waals surface area contributed by atoms with E-state index >= 15 is 0 Å². The van der Waals surface area contributed by atoms with E-state index < -0.39 is 20.8 Å². The molecule has 11 heteroatoms. The maximum absolute atomic E-state index is 11.1. The van der Waals surface area contributed by atoms with Gasteiger partial charge in [0.1, 0.15) is 0 Å². The summed E-state index contributed by atoms with van der Waals surface area (Å²) in [5.41, 5.74) is -0.308. The van der Waals surface area contributed by atoms with Crippen LogP contribution in [0.15, 0.2) is 36.9 Å². The first-order valence-corrected chi connectivity index (χ1v) is 6.10. The van der Waals surface area contributed by atoms with Crippen molar-refractivity contribution in [3.63, 3.8) is 0 Å². The number of aromatic nitrogens is 2. The van der Waals surface area contributed by atoms with Crippen LogP contribution in [0.3, 0.4) is 0 Å². The summed E-state index contributed by atoms with van der Waals surface area (Å²) >= 11 is 0. The molecule has 116 valence electrons. The normalized spacial score (nSPS) is 10.8. The Hall–Kier alpha value is -3.24. The third-order valence-corrected chi connectivity index (χ3v) is 3.03. The van der Waals surface area contributed by atoms with Crippen LogP contribution in [-0.4, -0.2) is 29.9 Å². The molecule has 0 atom stereocenters. The molecule has 0 aliphatic heterocycles. The van der Waals surface area contributed by atoms with Gasteiger partial charge in [0.2, 0.25) is 6.04 Å². The Bertz CT molecular complexity index is 666. The van der Waals surface area contributed by atoms with E-state index in [2.05, 4.69) is 0 Å². The van der Waals surface area contributed by atoms with Crippen molar-refractivity contribution in [2.24, 2.45) is 0 Å². The number of rotatable bonds is 7. The highest BCUT2D eigenvalue weighted by molar-refractivity contribution is 5.26. The average molecular weight is 309 g/mol. The van der Waals surface area contributed by atoms with Gasteiger partial charge in [0.05, 0.1) is 35.3 Å². The van der Waals surface area contributed by atoms with Crippen molar-refractivity contribution in [2.75, 3.05) is 0 Å². The SMILES string of the molecule is O=[N+]([O-])c1ccn(CC(Cn2ccc([N+](=O)[O-])c2)[N+](=O)[O-])c1. The van der Waals surface area contributed by atoms with Crippen LogP contribution in [0.1, 0.15) is 0 Å². The van der Waals surface area contributed by atoms with E-state index in [9.17, 15) is 30.3 Å². The van der Waals surface area contributed by atoms with E-state index in [1.54, 1.807) is 0 Å². The first-order valence-electron chi connectivity index (χ1n) is 6.10. The maximum atomic E-state index is 11.1. The van der Waals surface area contributed by atoms with Gasteiger partial charge in [-0.3, -0.25) is 30.3 Å². The van der Waals surface area contributed by atoms with Crippen LogP contribution in [0.5, 0.6) is 0 Å². The minimum Gasteiger partial charge on any atom is -0.341 e. The molecule has 2 aromatic heterocycles. The summed E-state index contributed by atoms with van der Waals surface area (Å²) in [5.74, 6) is 0. The predicted molar refractivity (Wildman–Crippen MR) is 73.0 cm³/mol. The molecule has 0 amide bonds. The Kier molecular flexibility index (Phi) is 4.15. The molecular formula is C11H11N5O6. The van der Waals surface area contributed by atoms with Gasteiger partial charge in [-0.05, 0) is 0 Å². The summed E-state index contributed by atoms with van der Waals surface area (Å²) in [7, 11) is 0. The first kappa shape index (κ1) is 15.2. The summed E-state index contributed by atoms with van der Waals surface area (Å²) in [6, 6.07) is 1.42. The standard InChI is InChI=1S/C11H11N5O6/c17-14(18)9-1-3-12(5-9)7-11(16(21)22)8-13-4-2-10(6-13)15(19)20/h1-6,11H,7-8H2. The summed E-state index contributed by atoms with van der Waals surface area (Å²) in [6.07, 6.45) is 5.17. The van der Waals surface area contributed by atoms with E-state index in [1.807, 2.05) is 0 Å². The van der Waals surface area contributed by atoms with Crippen molar-refractivity contribution in [3.05, 3.63) is 67.3 Å². The third kappa shape index (κ3) is 3.45. The minimum atomic E-state index is -1.07. The zero-order chi connectivity index (χ0) is 16.3. The lowest BCUT2D eigenvalue weighted by Crippen LogP contribution is -2.29. The minimum absolute atomic E-state index is 0.0766. The summed E-state index contributed by atoms with van der Waals surface area (Å²) in [4.78, 5) is 30.6. The molecule has 0 aliphatic carbocycles. The van der Waals surface area contributed by atoms with Gasteiger partial charge in [0, 0.05) is 29.4 Å². The molecule has 2 rings (SSSR count). The van der Waals surface area contributed by atoms with Crippen molar-refractivity contribution in [3.8, 4) is 0 Å². The van der Waals surface area contributed by atoms with Gasteiger partial charge in [-0.1, -0.05) is 0 Å². The van der Waals surface area contributed by atoms with Gasteiger partial charge in [-0.25, -0.2) is 0 Å². The molecule has 0 N–H and O–H groups in total. The second-order valence-electron chi connectivity index (χ2n) is 4.59. The molecule has 11 nitrogen and oxygen atoms in total. The second-order valence-corrected chi connectivity index (χ2v) is 4.59. The highest BCUT2D eigenvalue weighted by Gasteiger charge is 2.23. The fourth-order valence-corrected chi connectivity index (χ4v) is 1.98. The van der Waals surface area contributed by atoms with Crippen LogP contribution in [0.2, 0.25) is 0 Å². The summed E-state index contributed by atoms with van der Waals surface area (Å²) in [5, 5.41) is 32.3. The van der Waals surface area contributed by atoms with Gasteiger partial charge >= 0.3 is 0 Å². The van der Waals surface area contributed by atoms with Crippen molar-refractivity contribution in [1.29, 1.82) is 0 Å². The van der Waals surface area contributed by atoms with E-state index in [0.717, 1.165) is 0 Å². The van der Waals surface area contributed by atoms with Gasteiger partial charge in [-0.2, -0.15) is 0 Å². The quantitative estimate of drug-likeness (QED) is 0.560. The van der Waals surface area contributed by atoms with E-state index in [4.69, 9.17) is 0 Å². The van der Waals surface area contributed by atoms with Crippen LogP contribution in [0.25, 0.3) is 0 Å². The number of nitro groups is 3. The fourth-order valence-electron chi connectivity index (χ4n) is 1.98. The van der Waals surface area contributed by atoms with Crippen molar-refractivity contribution < 1.29 is 14.8 Å². The first-order chi connectivity index (χ1) is 10.4. The molecule has 0 spiro atoms. The molecule has 0 bridgehead atoms. The summed E-state index contributed by atoms with van der Waals surface area (Å²) < 4.78 is 2.70. The molecule has 2 heterocycles. The number of hydrogen-bond acceptors (Lipinski definition) is 6. The molecule has 22 heavy (non-hydrogen) atoms. The van der Waals surface area contributed by atoms with Crippen LogP contribution in [0, 0.1) is 30.3 Å². The third-order valence-electron chi connectivity index (χ3n) is 3.03. The molecule has 0 aliphatic rings. The molecular weight excluding hydrogens is 298 g/mol. The van der Waals surface area contributed by atoms with Crippen molar-refractivity contribution >= 4 is 11.4 Å². The highest BCUT2D eigenvalue weighted by atomic mass is 16.6. The Morgan fingerprint density at radius 2 is 1.27 bits per heavy atom. The number of hydrogen-bond donors (Lipinski definition) is 0. The molecule has 0 fully saturated rings. The number of nitrogens with zero attached hydrogens (tertiary/aromatic N) is 5. The van der Waals surface area contributed by atoms with E-state index in [0.29, 0.717) is 0 Å². The molecule has 0 unspecified atom stereocenters. The van der Waals surface area contributed by atoms with Crippen LogP contribution in [-0.2, 0) is 13.1 Å². The largest absolute Gasteiger partial charge is 0.341 e. The lowest BCUT2D eigenvalue weighted by molar-refractivity contribution is -0.526. The Labute approximate surface area is 122 Å². The van der Waals surface area contributed by atoms with Gasteiger partial charge in [0.25, 0.3) is 11.4 Å². The highest BCUT2D eigenvalue weighted by Crippen LogP contribution is 2.14. The second kappa shape index (κ2) is 6.03. The zero-order valence-corrected chi connectivity index (χ0v) is 11.1. The average Bonchev–Trinajstić information content (AvgIpc) is 3.06. The van der Waals surface area contributed by atoms with Crippen LogP contribution < -0.4 is 0 Å². The molecule has 0 saturated heterocycles. The lowest BCUT2D eigenvalue weighted by atomic mass is 10.3. The molecule has 0 saturated carbocycles. The molecule has 0 aromatic carbocycles. The van der Waals surface area contributed by atoms with Crippen LogP contribution in [0.4, 0.5) is 11.4 Å². The summed E-state index contributed by atoms with van der Waals surface area (Å²) in [6.45, 7) is -0.153. The van der Waals surface area contributed by atoms with E-state index in [-0.39, 0.29) is 24.5 Å². The zero-order valence-electron chi connectivity index (χ0n) is 11.1. The van der Waals surface area contributed by atoms with Crippen molar-refractivity contribution in [1.82, 2.24) is 9.13 Å². The maximum Gasteiger partial charge on any atom is 0.286 e. The fraction of sp³-hybridized carbons (Fsp3) is 0.273. The Morgan fingerprint density at radius 1 is 0.864 bits per heavy atom. The molecule has 2 aromatic rings. The van der Waals surface area contributed by atoms with Crippen molar-refractivity contribution in [2.45, 2.75) is 19.1 Å². The van der Waals surface area contributed by atoms with Gasteiger partial charge in [0.15, 0.2) is 0 Å². The van der Waals surface area contributed by atoms with Gasteiger partial charge < -0.3 is 9.13 Å². The smallest absolute Gasteiger partial charge is 0.286 e. The molecule has 0 radical (unpaired) electrons. The topological polar surface area (TPSA) is 139 Å². The predicted octanol–water partition coefficient (Wildman–Crippen LogP) is 1.45. The Morgan fingerprint density at radius 3 is 1.55 bits per heavy atom. The van der Waals surface area contributed by atoms with Crippen LogP contribution >= 0.6 is 0 Å². The monoisotopic (exact) mass is 309 g/mol. The lowest BCUT2D eigenvalue weighted by Gasteiger charge is -2.10. The van der Waals surface area contributed by atoms with E-state index in [1.165, 1.54) is 46.1 Å². The Balaban J connectivity index is 2.10. The van der Waals surface area contributed by atoms with Gasteiger partial charge in [-0.15, -0.1) is 0 Å².